The van der Waals surface area contributed by atoms with Crippen molar-refractivity contribution in [1.29, 1.82) is 0 Å². The van der Waals surface area contributed by atoms with Crippen LogP contribution in [0.1, 0.15) is 32.6 Å². The normalized spacial score (nSPS) is 13.3. The highest BCUT2D eigenvalue weighted by molar-refractivity contribution is 14.0. The number of halogens is 1. The first-order chi connectivity index (χ1) is 12.4. The van der Waals surface area contributed by atoms with E-state index in [0.29, 0.717) is 36.9 Å². The van der Waals surface area contributed by atoms with Gasteiger partial charge in [0.05, 0.1) is 6.61 Å². The summed E-state index contributed by atoms with van der Waals surface area (Å²) in [5.41, 5.74) is 0. The molecule has 1 rings (SSSR count). The summed E-state index contributed by atoms with van der Waals surface area (Å²) in [6.45, 7) is 10.7. The molecule has 7 nitrogen and oxygen atoms in total. The van der Waals surface area contributed by atoms with Crippen LogP contribution in [-0.4, -0.2) is 64.6 Å². The van der Waals surface area contributed by atoms with Crippen molar-refractivity contribution < 1.29 is 13.2 Å². The third kappa shape index (κ3) is 8.63. The smallest absolute Gasteiger partial charge is 0.252 e. The number of hydrogen-bond donors (Lipinski definition) is 2. The highest BCUT2D eigenvalue weighted by Gasteiger charge is 2.23. The van der Waals surface area contributed by atoms with E-state index < -0.39 is 10.0 Å². The molecular formula is C17H33IN4O3S2. The molecule has 0 saturated heterocycles. The largest absolute Gasteiger partial charge is 0.383 e. The van der Waals surface area contributed by atoms with Gasteiger partial charge in [-0.05, 0) is 26.0 Å². The van der Waals surface area contributed by atoms with E-state index in [9.17, 15) is 8.42 Å². The lowest BCUT2D eigenvalue weighted by molar-refractivity contribution is 0.179. The van der Waals surface area contributed by atoms with Crippen molar-refractivity contribution in [2.45, 2.75) is 44.4 Å². The predicted octanol–water partition coefficient (Wildman–Crippen LogP) is 2.53. The molecule has 0 aromatic carbocycles. The number of methoxy groups -OCH3 is 1. The molecule has 0 aliphatic rings. The Hall–Kier alpha value is -0.430. The first kappa shape index (κ1) is 26.6. The van der Waals surface area contributed by atoms with Crippen molar-refractivity contribution in [3.05, 3.63) is 17.0 Å². The second-order valence-electron chi connectivity index (χ2n) is 5.82. The number of aliphatic imine (C=N–C) groups is 1. The van der Waals surface area contributed by atoms with E-state index in [1.54, 1.807) is 13.2 Å². The van der Waals surface area contributed by atoms with E-state index in [4.69, 9.17) is 4.74 Å². The summed E-state index contributed by atoms with van der Waals surface area (Å²) in [6.07, 6.45) is 0.702. The highest BCUT2D eigenvalue weighted by atomic mass is 127. The Morgan fingerprint density at radius 1 is 1.30 bits per heavy atom. The molecule has 0 aliphatic carbocycles. The van der Waals surface area contributed by atoms with E-state index in [0.717, 1.165) is 17.4 Å². The fourth-order valence-corrected chi connectivity index (χ4v) is 5.40. The van der Waals surface area contributed by atoms with Gasteiger partial charge in [-0.15, -0.1) is 35.3 Å². The van der Waals surface area contributed by atoms with Crippen LogP contribution in [0.5, 0.6) is 0 Å². The van der Waals surface area contributed by atoms with Crippen molar-refractivity contribution >= 4 is 51.3 Å². The van der Waals surface area contributed by atoms with Crippen molar-refractivity contribution in [2.24, 2.45) is 4.99 Å². The molecule has 1 unspecified atom stereocenters. The van der Waals surface area contributed by atoms with Crippen molar-refractivity contribution in [3.8, 4) is 0 Å². The Morgan fingerprint density at radius 3 is 2.52 bits per heavy atom. The lowest BCUT2D eigenvalue weighted by Gasteiger charge is -2.17. The molecule has 1 heterocycles. The summed E-state index contributed by atoms with van der Waals surface area (Å²) in [4.78, 5) is 5.57. The number of nitrogens with one attached hydrogen (secondary N) is 2. The molecule has 10 heteroatoms. The molecule has 2 N–H and O–H groups in total. The molecule has 0 radical (unpaired) electrons. The Labute approximate surface area is 185 Å². The minimum Gasteiger partial charge on any atom is -0.383 e. The fourth-order valence-electron chi connectivity index (χ4n) is 2.44. The summed E-state index contributed by atoms with van der Waals surface area (Å²) < 4.78 is 32.1. The van der Waals surface area contributed by atoms with Gasteiger partial charge >= 0.3 is 0 Å². The average Bonchev–Trinajstić information content (AvgIpc) is 3.06. The van der Waals surface area contributed by atoms with Gasteiger partial charge in [0.2, 0.25) is 0 Å². The third-order valence-corrected chi connectivity index (χ3v) is 7.37. The van der Waals surface area contributed by atoms with E-state index in [-0.39, 0.29) is 30.0 Å². The van der Waals surface area contributed by atoms with E-state index in [1.807, 2.05) is 33.8 Å². The second kappa shape index (κ2) is 13.7. The van der Waals surface area contributed by atoms with Gasteiger partial charge in [-0.25, -0.2) is 8.42 Å². The Kier molecular flexibility index (Phi) is 13.5. The number of hydrogen-bond acceptors (Lipinski definition) is 5. The molecule has 1 atom stereocenters. The van der Waals surface area contributed by atoms with Crippen LogP contribution in [-0.2, 0) is 21.2 Å². The van der Waals surface area contributed by atoms with Crippen LogP contribution in [0.4, 0.5) is 0 Å². The van der Waals surface area contributed by atoms with Crippen LogP contribution in [0, 0.1) is 0 Å². The zero-order valence-corrected chi connectivity index (χ0v) is 20.8. The highest BCUT2D eigenvalue weighted by Crippen LogP contribution is 2.25. The second-order valence-corrected chi connectivity index (χ2v) is 9.15. The predicted molar refractivity (Wildman–Crippen MR) is 124 cm³/mol. The molecule has 27 heavy (non-hydrogen) atoms. The maximum atomic E-state index is 12.5. The molecule has 158 valence electrons. The Balaban J connectivity index is 0.00000676. The minimum atomic E-state index is -3.38. The molecule has 0 saturated carbocycles. The zero-order valence-electron chi connectivity index (χ0n) is 16.8. The van der Waals surface area contributed by atoms with Gasteiger partial charge in [0, 0.05) is 50.6 Å². The number of guanidine groups is 1. The number of rotatable bonds is 11. The van der Waals surface area contributed by atoms with Gasteiger partial charge in [0.25, 0.3) is 10.0 Å². The number of nitrogens with zero attached hydrogens (tertiary/aromatic N) is 2. The van der Waals surface area contributed by atoms with Crippen LogP contribution in [0.25, 0.3) is 0 Å². The first-order valence-electron chi connectivity index (χ1n) is 9.01. The van der Waals surface area contributed by atoms with Crippen LogP contribution in [0.2, 0.25) is 0 Å². The maximum Gasteiger partial charge on any atom is 0.252 e. The standard InChI is InChI=1S/C17H32N4O3S2.HI/c1-6-18-17(20-14(4)13-24-5)19-12-11-15-9-10-16(25-15)26(22,23)21(7-2)8-3;/h9-10,14H,6-8,11-13H2,1-5H3,(H2,18,19,20);1H. The lowest BCUT2D eigenvalue weighted by Crippen LogP contribution is -2.44. The summed E-state index contributed by atoms with van der Waals surface area (Å²) in [5, 5.41) is 6.48. The Morgan fingerprint density at radius 2 is 1.96 bits per heavy atom. The van der Waals surface area contributed by atoms with Gasteiger partial charge in [-0.1, -0.05) is 13.8 Å². The quantitative estimate of drug-likeness (QED) is 0.260. The van der Waals surface area contributed by atoms with Crippen LogP contribution >= 0.6 is 35.3 Å². The zero-order chi connectivity index (χ0) is 19.6. The molecule has 0 bridgehead atoms. The van der Waals surface area contributed by atoms with E-state index in [1.165, 1.54) is 15.6 Å². The summed E-state index contributed by atoms with van der Waals surface area (Å²) in [6, 6.07) is 3.73. The minimum absolute atomic E-state index is 0. The number of ether oxygens (including phenoxy) is 1. The van der Waals surface area contributed by atoms with Gasteiger partial charge in [-0.2, -0.15) is 4.31 Å². The molecule has 0 fully saturated rings. The number of thiophene rings is 1. The summed E-state index contributed by atoms with van der Waals surface area (Å²) >= 11 is 1.33. The van der Waals surface area contributed by atoms with Crippen molar-refractivity contribution in [1.82, 2.24) is 14.9 Å². The van der Waals surface area contributed by atoms with Crippen LogP contribution in [0.15, 0.2) is 21.3 Å². The van der Waals surface area contributed by atoms with E-state index >= 15 is 0 Å². The summed E-state index contributed by atoms with van der Waals surface area (Å²) in [7, 11) is -1.71. The SMILES string of the molecule is CCNC(=NCCc1ccc(S(=O)(=O)N(CC)CC)s1)NC(C)COC.I. The third-order valence-electron chi connectivity index (χ3n) is 3.71. The maximum absolute atomic E-state index is 12.5. The van der Waals surface area contributed by atoms with Gasteiger partial charge < -0.3 is 15.4 Å². The molecule has 0 spiro atoms. The van der Waals surface area contributed by atoms with Crippen LogP contribution in [0.3, 0.4) is 0 Å². The molecule has 0 amide bonds. The molecular weight excluding hydrogens is 499 g/mol. The lowest BCUT2D eigenvalue weighted by atomic mass is 10.3. The Bertz CT molecular complexity index is 661. The van der Waals surface area contributed by atoms with Gasteiger partial charge in [0.15, 0.2) is 5.96 Å². The monoisotopic (exact) mass is 532 g/mol. The van der Waals surface area contributed by atoms with Gasteiger partial charge in [0.1, 0.15) is 4.21 Å². The van der Waals surface area contributed by atoms with Gasteiger partial charge in [-0.3, -0.25) is 4.99 Å². The first-order valence-corrected chi connectivity index (χ1v) is 11.3. The van der Waals surface area contributed by atoms with Crippen molar-refractivity contribution in [3.63, 3.8) is 0 Å². The fraction of sp³-hybridized carbons (Fsp3) is 0.706. The molecule has 0 aliphatic heterocycles. The average molecular weight is 533 g/mol. The number of sulfonamides is 1. The van der Waals surface area contributed by atoms with Crippen LogP contribution < -0.4 is 10.6 Å². The molecule has 1 aromatic rings. The topological polar surface area (TPSA) is 83.0 Å². The van der Waals surface area contributed by atoms with E-state index in [2.05, 4.69) is 15.6 Å². The summed E-state index contributed by atoms with van der Waals surface area (Å²) in [5.74, 6) is 0.740. The molecule has 1 aromatic heterocycles. The van der Waals surface area contributed by atoms with Crippen molar-refractivity contribution in [2.75, 3.05) is 39.9 Å².